The lowest BCUT2D eigenvalue weighted by Crippen LogP contribution is -2.33. The molecule has 3 heterocycles. The maximum Gasteiger partial charge on any atom is 0.227 e. The molecule has 1 aromatic carbocycles. The quantitative estimate of drug-likeness (QED) is 0.771. The molecule has 1 aliphatic rings. The Morgan fingerprint density at radius 2 is 2.12 bits per heavy atom. The Balaban J connectivity index is 1.58. The van der Waals surface area contributed by atoms with Crippen LogP contribution in [-0.2, 0) is 11.2 Å². The maximum absolute atomic E-state index is 13.2. The normalized spacial score (nSPS) is 20.3. The lowest BCUT2D eigenvalue weighted by molar-refractivity contribution is -0.131. The van der Waals surface area contributed by atoms with Crippen molar-refractivity contribution in [2.45, 2.75) is 25.0 Å². The molecule has 0 spiro atoms. The van der Waals surface area contributed by atoms with E-state index in [0.717, 1.165) is 22.2 Å². The molecule has 0 aliphatic carbocycles. The summed E-state index contributed by atoms with van der Waals surface area (Å²) in [6.45, 7) is 0.293. The number of carbonyl (C=O) groups excluding carboxylic acids is 1. The van der Waals surface area contributed by atoms with Gasteiger partial charge in [-0.1, -0.05) is 12.1 Å². The molecule has 25 heavy (non-hydrogen) atoms. The fourth-order valence-corrected chi connectivity index (χ4v) is 3.51. The fraction of sp³-hybridized carbons (Fsp3) is 0.263. The van der Waals surface area contributed by atoms with Crippen LogP contribution < -0.4 is 0 Å². The van der Waals surface area contributed by atoms with E-state index in [1.165, 1.54) is 12.1 Å². The summed E-state index contributed by atoms with van der Waals surface area (Å²) < 4.78 is 13.2. The van der Waals surface area contributed by atoms with Gasteiger partial charge in [-0.25, -0.2) is 9.37 Å². The molecular weight excluding hydrogens is 321 g/mol. The van der Waals surface area contributed by atoms with Crippen molar-refractivity contribution in [1.82, 2.24) is 14.9 Å². The first kappa shape index (κ1) is 15.8. The summed E-state index contributed by atoms with van der Waals surface area (Å²) in [5, 5.41) is 11.0. The summed E-state index contributed by atoms with van der Waals surface area (Å²) in [5.41, 5.74) is 2.47. The number of aromatic amines is 1. The van der Waals surface area contributed by atoms with E-state index in [-0.39, 0.29) is 24.2 Å². The van der Waals surface area contributed by atoms with Crippen LogP contribution in [-0.4, -0.2) is 38.5 Å². The number of hydrogen-bond acceptors (Lipinski definition) is 3. The highest BCUT2D eigenvalue weighted by atomic mass is 19.1. The number of amides is 1. The Hall–Kier alpha value is -2.73. The predicted molar refractivity (Wildman–Crippen MR) is 91.3 cm³/mol. The number of benzene rings is 1. The van der Waals surface area contributed by atoms with E-state index in [1.54, 1.807) is 29.4 Å². The molecule has 2 aromatic heterocycles. The van der Waals surface area contributed by atoms with Gasteiger partial charge in [-0.3, -0.25) is 4.79 Å². The van der Waals surface area contributed by atoms with Crippen LogP contribution in [0, 0.1) is 5.82 Å². The summed E-state index contributed by atoms with van der Waals surface area (Å²) in [4.78, 5) is 21.8. The number of carbonyl (C=O) groups is 1. The van der Waals surface area contributed by atoms with Gasteiger partial charge in [0.2, 0.25) is 5.91 Å². The number of halogens is 1. The van der Waals surface area contributed by atoms with Crippen LogP contribution >= 0.6 is 0 Å². The third kappa shape index (κ3) is 3.00. The van der Waals surface area contributed by atoms with E-state index in [0.29, 0.717) is 13.0 Å². The zero-order valence-corrected chi connectivity index (χ0v) is 13.5. The largest absolute Gasteiger partial charge is 0.391 e. The minimum atomic E-state index is -0.566. The van der Waals surface area contributed by atoms with Gasteiger partial charge in [-0.2, -0.15) is 0 Å². The van der Waals surface area contributed by atoms with Crippen molar-refractivity contribution in [2.75, 3.05) is 6.54 Å². The molecule has 1 fully saturated rings. The second-order valence-corrected chi connectivity index (χ2v) is 6.39. The molecule has 2 N–H and O–H groups in total. The van der Waals surface area contributed by atoms with Gasteiger partial charge in [0.15, 0.2) is 0 Å². The van der Waals surface area contributed by atoms with Gasteiger partial charge < -0.3 is 15.0 Å². The van der Waals surface area contributed by atoms with E-state index in [4.69, 9.17) is 0 Å². The van der Waals surface area contributed by atoms with Crippen molar-refractivity contribution in [2.24, 2.45) is 0 Å². The number of pyridine rings is 1. The number of likely N-dealkylation sites (tertiary alicyclic amines) is 1. The predicted octanol–water partition coefficient (Wildman–Crippen LogP) is 2.58. The molecule has 128 valence electrons. The minimum absolute atomic E-state index is 0.0596. The van der Waals surface area contributed by atoms with Gasteiger partial charge in [-0.05, 0) is 41.8 Å². The summed E-state index contributed by atoms with van der Waals surface area (Å²) in [5.74, 6) is -0.373. The fourth-order valence-electron chi connectivity index (χ4n) is 3.51. The van der Waals surface area contributed by atoms with Crippen molar-refractivity contribution in [3.8, 4) is 0 Å². The molecule has 1 aliphatic heterocycles. The number of H-pyrrole nitrogens is 1. The van der Waals surface area contributed by atoms with Gasteiger partial charge in [0.25, 0.3) is 0 Å². The van der Waals surface area contributed by atoms with Gasteiger partial charge in [-0.15, -0.1) is 0 Å². The molecule has 4 rings (SSSR count). The van der Waals surface area contributed by atoms with Gasteiger partial charge in [0, 0.05) is 24.3 Å². The first-order valence-electron chi connectivity index (χ1n) is 8.26. The Morgan fingerprint density at radius 3 is 2.92 bits per heavy atom. The SMILES string of the molecule is O=C(Cc1c[nH]c2ncccc12)N1CC(O)CC1c1ccc(F)cc1. The summed E-state index contributed by atoms with van der Waals surface area (Å²) in [7, 11) is 0. The maximum atomic E-state index is 13.2. The van der Waals surface area contributed by atoms with E-state index < -0.39 is 6.10 Å². The van der Waals surface area contributed by atoms with Gasteiger partial charge in [0.1, 0.15) is 11.5 Å². The van der Waals surface area contributed by atoms with Crippen LogP contribution in [0.2, 0.25) is 0 Å². The molecule has 6 heteroatoms. The molecule has 0 saturated carbocycles. The molecule has 0 bridgehead atoms. The molecule has 1 amide bonds. The smallest absolute Gasteiger partial charge is 0.227 e. The molecular formula is C19H18FN3O2. The van der Waals surface area contributed by atoms with Crippen molar-refractivity contribution in [3.63, 3.8) is 0 Å². The highest BCUT2D eigenvalue weighted by Gasteiger charge is 2.35. The first-order chi connectivity index (χ1) is 12.1. The zero-order chi connectivity index (χ0) is 17.4. The monoisotopic (exact) mass is 339 g/mol. The molecule has 2 atom stereocenters. The Morgan fingerprint density at radius 1 is 1.32 bits per heavy atom. The zero-order valence-electron chi connectivity index (χ0n) is 13.5. The average molecular weight is 339 g/mol. The van der Waals surface area contributed by atoms with Crippen LogP contribution in [0.25, 0.3) is 11.0 Å². The minimum Gasteiger partial charge on any atom is -0.391 e. The Kier molecular flexibility index (Phi) is 3.97. The molecule has 2 unspecified atom stereocenters. The van der Waals surface area contributed by atoms with Crippen molar-refractivity contribution >= 4 is 16.9 Å². The Labute approximate surface area is 144 Å². The van der Waals surface area contributed by atoms with E-state index in [9.17, 15) is 14.3 Å². The lowest BCUT2D eigenvalue weighted by Gasteiger charge is -2.24. The summed E-state index contributed by atoms with van der Waals surface area (Å²) in [6, 6.07) is 9.65. The van der Waals surface area contributed by atoms with Crippen LogP contribution in [0.5, 0.6) is 0 Å². The van der Waals surface area contributed by atoms with Crippen molar-refractivity contribution in [1.29, 1.82) is 0 Å². The number of aliphatic hydroxyl groups excluding tert-OH is 1. The molecule has 5 nitrogen and oxygen atoms in total. The number of fused-ring (bicyclic) bond motifs is 1. The van der Waals surface area contributed by atoms with Crippen molar-refractivity contribution in [3.05, 3.63) is 65.7 Å². The van der Waals surface area contributed by atoms with E-state index in [1.807, 2.05) is 12.1 Å². The number of nitrogens with zero attached hydrogens (tertiary/aromatic N) is 2. The highest BCUT2D eigenvalue weighted by Crippen LogP contribution is 2.33. The molecule has 1 saturated heterocycles. The van der Waals surface area contributed by atoms with Gasteiger partial charge >= 0.3 is 0 Å². The number of β-amino-alcohol motifs (C(OH)–C–C–N with tert-alkyl or cyclic N) is 1. The summed E-state index contributed by atoms with van der Waals surface area (Å²) >= 11 is 0. The second kappa shape index (κ2) is 6.29. The molecule has 3 aromatic rings. The van der Waals surface area contributed by atoms with Crippen LogP contribution in [0.15, 0.2) is 48.8 Å². The number of hydrogen-bond donors (Lipinski definition) is 2. The lowest BCUT2D eigenvalue weighted by atomic mass is 10.0. The third-order valence-electron chi connectivity index (χ3n) is 4.73. The number of nitrogens with one attached hydrogen (secondary N) is 1. The second-order valence-electron chi connectivity index (χ2n) is 6.39. The van der Waals surface area contributed by atoms with Crippen LogP contribution in [0.4, 0.5) is 4.39 Å². The number of rotatable bonds is 3. The van der Waals surface area contributed by atoms with Gasteiger partial charge in [0.05, 0.1) is 18.6 Å². The van der Waals surface area contributed by atoms with Crippen molar-refractivity contribution < 1.29 is 14.3 Å². The van der Waals surface area contributed by atoms with E-state index >= 15 is 0 Å². The summed E-state index contributed by atoms with van der Waals surface area (Å²) in [6.07, 6.45) is 3.63. The highest BCUT2D eigenvalue weighted by molar-refractivity contribution is 5.87. The van der Waals surface area contributed by atoms with Crippen LogP contribution in [0.3, 0.4) is 0 Å². The average Bonchev–Trinajstić information content (AvgIpc) is 3.20. The standard InChI is InChI=1S/C19H18FN3O2/c20-14-5-3-12(4-6-14)17-9-15(24)11-23(17)18(25)8-13-10-22-19-16(13)2-1-7-21-19/h1-7,10,15,17,24H,8-9,11H2,(H,21,22). The molecule has 0 radical (unpaired) electrons. The number of aromatic nitrogens is 2. The number of aliphatic hydroxyl groups is 1. The third-order valence-corrected chi connectivity index (χ3v) is 4.73. The van der Waals surface area contributed by atoms with Crippen LogP contribution in [0.1, 0.15) is 23.6 Å². The van der Waals surface area contributed by atoms with E-state index in [2.05, 4.69) is 9.97 Å². The topological polar surface area (TPSA) is 69.2 Å². The first-order valence-corrected chi connectivity index (χ1v) is 8.26. The Bertz CT molecular complexity index is 906.